The average molecular weight is 207 g/mol. The number of hydrogen-bond donors (Lipinski definition) is 1. The van der Waals surface area contributed by atoms with Crippen molar-refractivity contribution < 1.29 is 5.11 Å². The molecule has 0 saturated carbocycles. The second-order valence-electron chi connectivity index (χ2n) is 4.24. The van der Waals surface area contributed by atoms with E-state index >= 15 is 0 Å². The molecule has 0 radical (unpaired) electrons. The summed E-state index contributed by atoms with van der Waals surface area (Å²) in [4.78, 5) is 4.34. The molecule has 1 aromatic heterocycles. The van der Waals surface area contributed by atoms with Crippen LogP contribution in [0.15, 0.2) is 12.3 Å². The summed E-state index contributed by atoms with van der Waals surface area (Å²) >= 11 is 0. The van der Waals surface area contributed by atoms with Gasteiger partial charge in [0.05, 0.1) is 11.8 Å². The van der Waals surface area contributed by atoms with Crippen LogP contribution in [0.4, 0.5) is 0 Å². The molecule has 0 aliphatic heterocycles. The summed E-state index contributed by atoms with van der Waals surface area (Å²) in [5.41, 5.74) is 3.08. The van der Waals surface area contributed by atoms with Gasteiger partial charge >= 0.3 is 0 Å². The van der Waals surface area contributed by atoms with Crippen molar-refractivity contribution >= 4 is 0 Å². The number of aromatic nitrogens is 1. The van der Waals surface area contributed by atoms with E-state index in [0.29, 0.717) is 5.92 Å². The Balaban J connectivity index is 2.94. The summed E-state index contributed by atoms with van der Waals surface area (Å²) in [6.45, 7) is 8.26. The van der Waals surface area contributed by atoms with Gasteiger partial charge in [0.1, 0.15) is 0 Å². The molecule has 0 aromatic carbocycles. The van der Waals surface area contributed by atoms with Gasteiger partial charge in [-0.2, -0.15) is 0 Å². The molecule has 2 heteroatoms. The van der Waals surface area contributed by atoms with Crippen LogP contribution in [-0.4, -0.2) is 10.1 Å². The number of aryl methyl sites for hydroxylation is 2. The first-order chi connectivity index (χ1) is 7.10. The van der Waals surface area contributed by atoms with Gasteiger partial charge in [0, 0.05) is 6.20 Å². The van der Waals surface area contributed by atoms with Gasteiger partial charge in [0.25, 0.3) is 0 Å². The minimum Gasteiger partial charge on any atom is -0.387 e. The molecule has 15 heavy (non-hydrogen) atoms. The molecule has 0 fully saturated rings. The van der Waals surface area contributed by atoms with E-state index in [2.05, 4.69) is 24.9 Å². The largest absolute Gasteiger partial charge is 0.387 e. The zero-order valence-corrected chi connectivity index (χ0v) is 10.1. The molecule has 1 unspecified atom stereocenters. The molecule has 1 aromatic rings. The third-order valence-electron chi connectivity index (χ3n) is 3.03. The topological polar surface area (TPSA) is 33.1 Å². The van der Waals surface area contributed by atoms with E-state index in [0.717, 1.165) is 29.7 Å². The van der Waals surface area contributed by atoms with E-state index in [1.54, 1.807) is 0 Å². The van der Waals surface area contributed by atoms with Crippen molar-refractivity contribution in [1.82, 2.24) is 4.98 Å². The fourth-order valence-corrected chi connectivity index (χ4v) is 1.99. The van der Waals surface area contributed by atoms with Gasteiger partial charge in [-0.1, -0.05) is 32.8 Å². The first kappa shape index (κ1) is 12.2. The lowest BCUT2D eigenvalue weighted by atomic mass is 9.92. The van der Waals surface area contributed by atoms with E-state index in [9.17, 15) is 5.11 Å². The summed E-state index contributed by atoms with van der Waals surface area (Å²) in [5, 5.41) is 10.2. The number of aliphatic hydroxyl groups excluding tert-OH is 1. The molecule has 0 spiro atoms. The van der Waals surface area contributed by atoms with Crippen molar-refractivity contribution in [3.05, 3.63) is 29.1 Å². The minimum absolute atomic E-state index is 0.318. The molecular weight excluding hydrogens is 186 g/mol. The molecule has 0 amide bonds. The fourth-order valence-electron chi connectivity index (χ4n) is 1.99. The second-order valence-corrected chi connectivity index (χ2v) is 4.24. The zero-order valence-electron chi connectivity index (χ0n) is 10.1. The molecule has 2 nitrogen and oxygen atoms in total. The summed E-state index contributed by atoms with van der Waals surface area (Å²) in [7, 11) is 0. The van der Waals surface area contributed by atoms with Gasteiger partial charge in [-0.25, -0.2) is 0 Å². The van der Waals surface area contributed by atoms with E-state index in [-0.39, 0.29) is 0 Å². The van der Waals surface area contributed by atoms with Crippen LogP contribution in [0, 0.1) is 19.8 Å². The Morgan fingerprint density at radius 1 is 1.27 bits per heavy atom. The smallest absolute Gasteiger partial charge is 0.0990 e. The highest BCUT2D eigenvalue weighted by Gasteiger charge is 2.20. The third kappa shape index (κ3) is 2.78. The lowest BCUT2D eigenvalue weighted by Gasteiger charge is -2.21. The maximum absolute atomic E-state index is 10.2. The number of pyridine rings is 1. The lowest BCUT2D eigenvalue weighted by Crippen LogP contribution is -2.13. The number of rotatable bonds is 4. The number of nitrogens with zero attached hydrogens (tertiary/aromatic N) is 1. The normalized spacial score (nSPS) is 13.2. The van der Waals surface area contributed by atoms with Crippen LogP contribution < -0.4 is 0 Å². The molecule has 0 saturated heterocycles. The van der Waals surface area contributed by atoms with Gasteiger partial charge < -0.3 is 5.11 Å². The summed E-state index contributed by atoms with van der Waals surface area (Å²) in [5.74, 6) is 0.318. The maximum Gasteiger partial charge on any atom is 0.0990 e. The predicted molar refractivity (Wildman–Crippen MR) is 62.7 cm³/mol. The van der Waals surface area contributed by atoms with Gasteiger partial charge in [0.2, 0.25) is 0 Å². The van der Waals surface area contributed by atoms with E-state index in [1.165, 1.54) is 0 Å². The quantitative estimate of drug-likeness (QED) is 0.822. The predicted octanol–water partition coefficient (Wildman–Crippen LogP) is 3.17. The van der Waals surface area contributed by atoms with Crippen LogP contribution in [0.25, 0.3) is 0 Å². The Morgan fingerprint density at radius 3 is 2.33 bits per heavy atom. The van der Waals surface area contributed by atoms with Gasteiger partial charge in [-0.05, 0) is 30.9 Å². The first-order valence-electron chi connectivity index (χ1n) is 5.71. The molecule has 0 aliphatic carbocycles. The van der Waals surface area contributed by atoms with Gasteiger partial charge in [-0.15, -0.1) is 0 Å². The van der Waals surface area contributed by atoms with Crippen LogP contribution in [0.3, 0.4) is 0 Å². The van der Waals surface area contributed by atoms with Crippen molar-refractivity contribution in [3.8, 4) is 0 Å². The number of aliphatic hydroxyl groups is 1. The van der Waals surface area contributed by atoms with Crippen molar-refractivity contribution in [2.75, 3.05) is 0 Å². The molecule has 1 N–H and O–H groups in total. The van der Waals surface area contributed by atoms with Crippen molar-refractivity contribution in [2.45, 2.75) is 46.6 Å². The fraction of sp³-hybridized carbons (Fsp3) is 0.615. The standard InChI is InChI=1S/C13H21NO/c1-5-11(6-2)13(15)12-10(4)7-9(3)8-14-12/h7-8,11,13,15H,5-6H2,1-4H3. The Hall–Kier alpha value is -0.890. The van der Waals surface area contributed by atoms with Crippen LogP contribution in [0.2, 0.25) is 0 Å². The summed E-state index contributed by atoms with van der Waals surface area (Å²) < 4.78 is 0. The average Bonchev–Trinajstić information content (AvgIpc) is 2.19. The minimum atomic E-state index is -0.416. The molecule has 84 valence electrons. The summed E-state index contributed by atoms with van der Waals surface area (Å²) in [6, 6.07) is 2.08. The highest BCUT2D eigenvalue weighted by molar-refractivity contribution is 5.25. The van der Waals surface area contributed by atoms with Crippen LogP contribution in [-0.2, 0) is 0 Å². The highest BCUT2D eigenvalue weighted by Crippen LogP contribution is 2.27. The Labute approximate surface area is 92.4 Å². The second kappa shape index (κ2) is 5.26. The molecule has 1 atom stereocenters. The van der Waals surface area contributed by atoms with E-state index < -0.39 is 6.10 Å². The molecular formula is C13H21NO. The van der Waals surface area contributed by atoms with E-state index in [4.69, 9.17) is 0 Å². The first-order valence-corrected chi connectivity index (χ1v) is 5.71. The molecule has 1 heterocycles. The Morgan fingerprint density at radius 2 is 1.87 bits per heavy atom. The van der Waals surface area contributed by atoms with Crippen molar-refractivity contribution in [1.29, 1.82) is 0 Å². The summed E-state index contributed by atoms with van der Waals surface area (Å²) in [6.07, 6.45) is 3.40. The third-order valence-corrected chi connectivity index (χ3v) is 3.03. The van der Waals surface area contributed by atoms with Crippen LogP contribution in [0.1, 0.15) is 49.6 Å². The Bertz CT molecular complexity index is 318. The van der Waals surface area contributed by atoms with Gasteiger partial charge in [-0.3, -0.25) is 4.98 Å². The van der Waals surface area contributed by atoms with Crippen molar-refractivity contribution in [3.63, 3.8) is 0 Å². The zero-order chi connectivity index (χ0) is 11.4. The SMILES string of the molecule is CCC(CC)C(O)c1ncc(C)cc1C. The maximum atomic E-state index is 10.2. The molecule has 0 aliphatic rings. The molecule has 0 bridgehead atoms. The van der Waals surface area contributed by atoms with Crippen LogP contribution in [0.5, 0.6) is 0 Å². The van der Waals surface area contributed by atoms with E-state index in [1.807, 2.05) is 20.0 Å². The number of hydrogen-bond acceptors (Lipinski definition) is 2. The van der Waals surface area contributed by atoms with Crippen LogP contribution >= 0.6 is 0 Å². The van der Waals surface area contributed by atoms with Crippen molar-refractivity contribution in [2.24, 2.45) is 5.92 Å². The lowest BCUT2D eigenvalue weighted by molar-refractivity contribution is 0.0985. The highest BCUT2D eigenvalue weighted by atomic mass is 16.3. The Kier molecular flexibility index (Phi) is 4.28. The van der Waals surface area contributed by atoms with Gasteiger partial charge in [0.15, 0.2) is 0 Å². The molecule has 1 rings (SSSR count). The monoisotopic (exact) mass is 207 g/mol.